The van der Waals surface area contributed by atoms with Gasteiger partial charge >= 0.3 is 5.97 Å². The molecule has 9 heteroatoms. The highest BCUT2D eigenvalue weighted by atomic mass is 32.2. The van der Waals surface area contributed by atoms with E-state index < -0.39 is 33.9 Å². The summed E-state index contributed by atoms with van der Waals surface area (Å²) in [6.07, 6.45) is 2.92. The summed E-state index contributed by atoms with van der Waals surface area (Å²) in [6.45, 7) is 1.15. The van der Waals surface area contributed by atoms with E-state index in [4.69, 9.17) is 9.47 Å². The number of carbonyl (C=O) groups excluding carboxylic acids is 2. The summed E-state index contributed by atoms with van der Waals surface area (Å²) in [6, 6.07) is 4.54. The highest BCUT2D eigenvalue weighted by Crippen LogP contribution is 2.26. The van der Waals surface area contributed by atoms with Crippen molar-refractivity contribution in [2.75, 3.05) is 25.2 Å². The van der Waals surface area contributed by atoms with Crippen molar-refractivity contribution >= 4 is 27.8 Å². The number of phenols is 1. The fourth-order valence-corrected chi connectivity index (χ4v) is 4.72. The first-order valence-corrected chi connectivity index (χ1v) is 9.68. The molecule has 0 saturated carbocycles. The molecule has 1 saturated heterocycles. The van der Waals surface area contributed by atoms with Crippen molar-refractivity contribution in [2.24, 2.45) is 0 Å². The van der Waals surface area contributed by atoms with Crippen LogP contribution in [0.5, 0.6) is 11.5 Å². The van der Waals surface area contributed by atoms with Crippen LogP contribution in [0.3, 0.4) is 0 Å². The summed E-state index contributed by atoms with van der Waals surface area (Å²) in [5.41, 5.74) is -0.231. The van der Waals surface area contributed by atoms with Gasteiger partial charge in [-0.3, -0.25) is 4.79 Å². The van der Waals surface area contributed by atoms with Gasteiger partial charge in [0.25, 0.3) is 5.91 Å². The zero-order chi connectivity index (χ0) is 19.4. The second kappa shape index (κ2) is 7.77. The van der Waals surface area contributed by atoms with Gasteiger partial charge in [0.1, 0.15) is 0 Å². The van der Waals surface area contributed by atoms with Crippen LogP contribution >= 0.6 is 0 Å². The molecule has 0 aromatic heterocycles. The van der Waals surface area contributed by atoms with Gasteiger partial charge < -0.3 is 19.9 Å². The Morgan fingerprint density at radius 1 is 1.38 bits per heavy atom. The first kappa shape index (κ1) is 19.8. The van der Waals surface area contributed by atoms with Gasteiger partial charge in [0, 0.05) is 6.08 Å². The van der Waals surface area contributed by atoms with Gasteiger partial charge in [-0.05, 0) is 37.1 Å². The Morgan fingerprint density at radius 3 is 2.73 bits per heavy atom. The normalized spacial score (nSPS) is 21.5. The molecule has 1 amide bonds. The minimum atomic E-state index is -3.14. The lowest BCUT2D eigenvalue weighted by atomic mass is 10.0. The van der Waals surface area contributed by atoms with E-state index in [2.05, 4.69) is 5.32 Å². The standard InChI is InChI=1S/C17H21NO7S/c1-17(7-8-26(22,23)11-17)18-15(20)10-25-16(21)6-4-12-3-5-13(19)14(9-12)24-2/h3-6,9,19H,7-8,10-11H2,1-2H3,(H,18,20)/b6-4+/t17-/m1/s1. The van der Waals surface area contributed by atoms with Gasteiger partial charge in [0.15, 0.2) is 27.9 Å². The van der Waals surface area contributed by atoms with Gasteiger partial charge in [-0.1, -0.05) is 6.07 Å². The molecule has 1 atom stereocenters. The molecule has 1 aliphatic heterocycles. The zero-order valence-corrected chi connectivity index (χ0v) is 15.3. The number of sulfone groups is 1. The SMILES string of the molecule is COc1cc(/C=C/C(=O)OCC(=O)N[C@]2(C)CCS(=O)(=O)C2)ccc1O. The molecule has 1 heterocycles. The molecule has 0 radical (unpaired) electrons. The lowest BCUT2D eigenvalue weighted by molar-refractivity contribution is -0.144. The van der Waals surface area contributed by atoms with Gasteiger partial charge in [0.05, 0.1) is 24.2 Å². The van der Waals surface area contributed by atoms with Crippen LogP contribution in [0.25, 0.3) is 6.08 Å². The third kappa shape index (κ3) is 5.48. The smallest absolute Gasteiger partial charge is 0.331 e. The van der Waals surface area contributed by atoms with Crippen LogP contribution in [0.4, 0.5) is 0 Å². The van der Waals surface area contributed by atoms with Gasteiger partial charge in [-0.25, -0.2) is 13.2 Å². The molecule has 0 unspecified atom stereocenters. The number of aromatic hydroxyl groups is 1. The number of ether oxygens (including phenoxy) is 2. The topological polar surface area (TPSA) is 119 Å². The van der Waals surface area contributed by atoms with E-state index in [1.165, 1.54) is 25.3 Å². The van der Waals surface area contributed by atoms with E-state index in [9.17, 15) is 23.1 Å². The van der Waals surface area contributed by atoms with E-state index in [0.29, 0.717) is 12.0 Å². The molecular weight excluding hydrogens is 362 g/mol. The molecule has 1 aromatic rings. The number of rotatable bonds is 6. The summed E-state index contributed by atoms with van der Waals surface area (Å²) < 4.78 is 32.8. The summed E-state index contributed by atoms with van der Waals surface area (Å²) in [5.74, 6) is -1.13. The number of nitrogens with one attached hydrogen (secondary N) is 1. The van der Waals surface area contributed by atoms with E-state index >= 15 is 0 Å². The lowest BCUT2D eigenvalue weighted by Gasteiger charge is -2.23. The summed E-state index contributed by atoms with van der Waals surface area (Å²) in [5, 5.41) is 12.1. The van der Waals surface area contributed by atoms with Crippen molar-refractivity contribution < 1.29 is 32.6 Å². The van der Waals surface area contributed by atoms with E-state index in [0.717, 1.165) is 6.08 Å². The Kier molecular flexibility index (Phi) is 5.91. The van der Waals surface area contributed by atoms with Crippen molar-refractivity contribution in [3.05, 3.63) is 29.8 Å². The molecule has 26 heavy (non-hydrogen) atoms. The molecule has 1 aromatic carbocycles. The number of hydrogen-bond acceptors (Lipinski definition) is 7. The predicted molar refractivity (Wildman–Crippen MR) is 94.5 cm³/mol. The van der Waals surface area contributed by atoms with Crippen LogP contribution in [-0.4, -0.2) is 56.2 Å². The second-order valence-electron chi connectivity index (χ2n) is 6.32. The fourth-order valence-electron chi connectivity index (χ4n) is 2.63. The van der Waals surface area contributed by atoms with E-state index in [-0.39, 0.29) is 23.0 Å². The van der Waals surface area contributed by atoms with Crippen molar-refractivity contribution in [2.45, 2.75) is 18.9 Å². The van der Waals surface area contributed by atoms with E-state index in [1.807, 2.05) is 0 Å². The highest BCUT2D eigenvalue weighted by Gasteiger charge is 2.39. The largest absolute Gasteiger partial charge is 0.504 e. The quantitative estimate of drug-likeness (QED) is 0.547. The molecule has 142 valence electrons. The second-order valence-corrected chi connectivity index (χ2v) is 8.51. The zero-order valence-electron chi connectivity index (χ0n) is 14.5. The molecule has 0 aliphatic carbocycles. The van der Waals surface area contributed by atoms with Gasteiger partial charge in [0.2, 0.25) is 0 Å². The first-order chi connectivity index (χ1) is 12.1. The molecule has 1 aliphatic rings. The van der Waals surface area contributed by atoms with Crippen LogP contribution in [0.15, 0.2) is 24.3 Å². The molecule has 8 nitrogen and oxygen atoms in total. The minimum Gasteiger partial charge on any atom is -0.504 e. The Balaban J connectivity index is 1.84. The first-order valence-electron chi connectivity index (χ1n) is 7.86. The number of methoxy groups -OCH3 is 1. The Morgan fingerprint density at radius 2 is 2.12 bits per heavy atom. The number of esters is 1. The molecular formula is C17H21NO7S. The minimum absolute atomic E-state index is 0.0219. The predicted octanol–water partition coefficient (Wildman–Crippen LogP) is 0.651. The monoisotopic (exact) mass is 383 g/mol. The van der Waals surface area contributed by atoms with Crippen LogP contribution < -0.4 is 10.1 Å². The molecule has 1 fully saturated rings. The lowest BCUT2D eigenvalue weighted by Crippen LogP contribution is -2.48. The Labute approximate surface area is 151 Å². The average molecular weight is 383 g/mol. The maximum absolute atomic E-state index is 11.9. The molecule has 2 rings (SSSR count). The summed E-state index contributed by atoms with van der Waals surface area (Å²) >= 11 is 0. The van der Waals surface area contributed by atoms with Crippen molar-refractivity contribution in [1.29, 1.82) is 0 Å². The van der Waals surface area contributed by atoms with Crippen molar-refractivity contribution in [3.8, 4) is 11.5 Å². The molecule has 2 N–H and O–H groups in total. The maximum Gasteiger partial charge on any atom is 0.331 e. The fraction of sp³-hybridized carbons (Fsp3) is 0.412. The maximum atomic E-state index is 11.9. The van der Waals surface area contributed by atoms with Gasteiger partial charge in [-0.15, -0.1) is 0 Å². The highest BCUT2D eigenvalue weighted by molar-refractivity contribution is 7.91. The number of benzene rings is 1. The van der Waals surface area contributed by atoms with Crippen molar-refractivity contribution in [3.63, 3.8) is 0 Å². The number of phenolic OH excluding ortho intramolecular Hbond substituents is 1. The number of hydrogen-bond donors (Lipinski definition) is 2. The third-order valence-corrected chi connectivity index (χ3v) is 5.81. The van der Waals surface area contributed by atoms with Gasteiger partial charge in [-0.2, -0.15) is 0 Å². The third-order valence-electron chi connectivity index (χ3n) is 3.91. The average Bonchev–Trinajstić information content (AvgIpc) is 2.85. The number of carbonyl (C=O) groups is 2. The van der Waals surface area contributed by atoms with Crippen LogP contribution in [0, 0.1) is 0 Å². The summed E-state index contributed by atoms with van der Waals surface area (Å²) in [4.78, 5) is 23.6. The Hall–Kier alpha value is -2.55. The number of amides is 1. The van der Waals surface area contributed by atoms with Crippen LogP contribution in [0.1, 0.15) is 18.9 Å². The van der Waals surface area contributed by atoms with Crippen LogP contribution in [-0.2, 0) is 24.2 Å². The summed E-state index contributed by atoms with van der Waals surface area (Å²) in [7, 11) is -1.73. The Bertz CT molecular complexity index is 832. The van der Waals surface area contributed by atoms with E-state index in [1.54, 1.807) is 13.0 Å². The van der Waals surface area contributed by atoms with Crippen LogP contribution in [0.2, 0.25) is 0 Å². The van der Waals surface area contributed by atoms with Crippen molar-refractivity contribution in [1.82, 2.24) is 5.32 Å². The molecule has 0 spiro atoms. The molecule has 0 bridgehead atoms.